The maximum absolute atomic E-state index is 10.2. The highest BCUT2D eigenvalue weighted by Gasteiger charge is 2.44. The lowest BCUT2D eigenvalue weighted by atomic mass is 9.95. The van der Waals surface area contributed by atoms with Gasteiger partial charge in [-0.15, -0.1) is 6.42 Å². The number of aromatic nitrogens is 4. The number of nitrogens with one attached hydrogen (secondary N) is 2. The average molecular weight is 1000 g/mol. The lowest BCUT2D eigenvalue weighted by molar-refractivity contribution is -0.214. The Bertz CT molecular complexity index is 2190. The van der Waals surface area contributed by atoms with Gasteiger partial charge in [0.05, 0.1) is 48.8 Å². The van der Waals surface area contributed by atoms with Crippen LogP contribution in [-0.4, -0.2) is 193 Å². The van der Waals surface area contributed by atoms with Crippen LogP contribution in [0.25, 0.3) is 21.8 Å². The summed E-state index contributed by atoms with van der Waals surface area (Å²) in [5.41, 5.74) is 2.51. The molecule has 2 aromatic carbocycles. The van der Waals surface area contributed by atoms with Gasteiger partial charge in [-0.05, 0) is 46.9 Å². The normalized spacial score (nSPS) is 34.2. The number of H-pyrrole nitrogens is 2. The summed E-state index contributed by atoms with van der Waals surface area (Å²) in [6.07, 6.45) is -11.2. The standard InChI is InChI=1S/C23H26N2O10.C8H12O5.C7H4BrIN2/c26-8-15-20(30)22(32)18(28)13(34-15)3-1-10-5-11(17-12(6-10)7-24-25-17)2-4-14-19(29)23(33)21(31)16(9-27)35-14;1-2-4-6(10)8(12)7(11)5(3-9)13-4;8-5-1-4-3-10-11-7(4)6(9)2-5/h5-7,13-16,18-23,26-33H,8-9H2,(H,24,25);1,4-12H,3H2;1-3H,(H,10,11)/t13-,14-,15-,16-,18-,19-,20-,21-,22-,23-;4-,5-,6-,7-,8-;/m11./s1. The summed E-state index contributed by atoms with van der Waals surface area (Å²) in [4.78, 5) is 0. The van der Waals surface area contributed by atoms with Crippen molar-refractivity contribution >= 4 is 60.3 Å². The van der Waals surface area contributed by atoms with Gasteiger partial charge in [-0.1, -0.05) is 45.5 Å². The first kappa shape index (κ1) is 46.7. The van der Waals surface area contributed by atoms with Crippen molar-refractivity contribution in [3.05, 3.63) is 55.8 Å². The molecule has 59 heavy (non-hydrogen) atoms. The minimum atomic E-state index is -1.55. The van der Waals surface area contributed by atoms with E-state index in [0.29, 0.717) is 22.0 Å². The summed E-state index contributed by atoms with van der Waals surface area (Å²) in [6, 6.07) is 7.38. The molecular weight excluding hydrogens is 959 g/mol. The van der Waals surface area contributed by atoms with Gasteiger partial charge in [-0.25, -0.2) is 0 Å². The molecule has 3 aliphatic heterocycles. The lowest BCUT2D eigenvalue weighted by Gasteiger charge is -2.37. The number of rotatable bonds is 3. The molecule has 0 bridgehead atoms. The van der Waals surface area contributed by atoms with E-state index < -0.39 is 111 Å². The van der Waals surface area contributed by atoms with Crippen molar-refractivity contribution in [2.45, 2.75) is 91.6 Å². The molecule has 3 fully saturated rings. The van der Waals surface area contributed by atoms with Crippen molar-refractivity contribution in [3.8, 4) is 36.0 Å². The fourth-order valence-corrected chi connectivity index (χ4v) is 7.86. The highest BCUT2D eigenvalue weighted by molar-refractivity contribution is 14.1. The molecule has 0 amide bonds. The van der Waals surface area contributed by atoms with Gasteiger partial charge in [0, 0.05) is 24.4 Å². The lowest BCUT2D eigenvalue weighted by Crippen LogP contribution is -2.58. The van der Waals surface area contributed by atoms with Crippen molar-refractivity contribution in [1.29, 1.82) is 0 Å². The summed E-state index contributed by atoms with van der Waals surface area (Å²) in [7, 11) is 0. The number of halogens is 2. The van der Waals surface area contributed by atoms with Crippen molar-refractivity contribution in [1.82, 2.24) is 20.4 Å². The number of aromatic amines is 2. The van der Waals surface area contributed by atoms with E-state index >= 15 is 0 Å². The second kappa shape index (κ2) is 21.0. The largest absolute Gasteiger partial charge is 0.394 e. The molecule has 0 saturated carbocycles. The number of hydrogen-bond acceptors (Lipinski definition) is 17. The third-order valence-electron chi connectivity index (χ3n) is 9.56. The molecule has 15 atom stereocenters. The van der Waals surface area contributed by atoms with Crippen LogP contribution >= 0.6 is 38.5 Å². The van der Waals surface area contributed by atoms with Crippen LogP contribution < -0.4 is 0 Å². The Balaban J connectivity index is 0.000000222. The van der Waals surface area contributed by atoms with Gasteiger partial charge in [-0.3, -0.25) is 10.2 Å². The van der Waals surface area contributed by atoms with E-state index in [9.17, 15) is 56.2 Å². The van der Waals surface area contributed by atoms with E-state index in [4.69, 9.17) is 25.7 Å². The minimum Gasteiger partial charge on any atom is -0.394 e. The zero-order valence-corrected chi connectivity index (χ0v) is 34.3. The van der Waals surface area contributed by atoms with E-state index in [2.05, 4.69) is 94.6 Å². The van der Waals surface area contributed by atoms with E-state index in [0.717, 1.165) is 15.4 Å². The molecule has 318 valence electrons. The van der Waals surface area contributed by atoms with Crippen LogP contribution in [0.2, 0.25) is 0 Å². The number of hydrogen-bond donors (Lipinski definition) is 14. The molecule has 0 radical (unpaired) electrons. The van der Waals surface area contributed by atoms with Crippen molar-refractivity contribution in [2.75, 3.05) is 19.8 Å². The zero-order valence-electron chi connectivity index (χ0n) is 30.6. The summed E-state index contributed by atoms with van der Waals surface area (Å²) < 4.78 is 18.0. The Morgan fingerprint density at radius 3 is 1.53 bits per heavy atom. The molecule has 3 aliphatic rings. The number of benzene rings is 2. The van der Waals surface area contributed by atoms with Crippen LogP contribution in [0.5, 0.6) is 0 Å². The van der Waals surface area contributed by atoms with Gasteiger partial charge in [0.1, 0.15) is 91.6 Å². The quantitative estimate of drug-likeness (QED) is 0.0695. The number of fused-ring (bicyclic) bond motifs is 2. The van der Waals surface area contributed by atoms with E-state index in [1.807, 2.05) is 12.3 Å². The maximum atomic E-state index is 10.2. The molecule has 14 N–H and O–H groups in total. The van der Waals surface area contributed by atoms with E-state index in [-0.39, 0.29) is 0 Å². The van der Waals surface area contributed by atoms with Crippen molar-refractivity contribution < 1.29 is 75.5 Å². The topological polar surface area (TPSA) is 328 Å². The molecule has 5 heterocycles. The van der Waals surface area contributed by atoms with Gasteiger partial charge in [-0.2, -0.15) is 10.2 Å². The van der Waals surface area contributed by atoms with Gasteiger partial charge in [0.15, 0.2) is 0 Å². The Morgan fingerprint density at radius 2 is 1.03 bits per heavy atom. The minimum absolute atomic E-state index is 0.412. The molecule has 21 heteroatoms. The molecule has 0 aliphatic carbocycles. The third-order valence-corrected chi connectivity index (χ3v) is 10.9. The second-order valence-corrected chi connectivity index (χ2v) is 15.6. The maximum Gasteiger partial charge on any atom is 0.147 e. The molecule has 3 saturated heterocycles. The van der Waals surface area contributed by atoms with Gasteiger partial charge in [0.25, 0.3) is 0 Å². The Kier molecular flexibility index (Phi) is 16.6. The first-order chi connectivity index (χ1) is 28.1. The predicted molar refractivity (Wildman–Crippen MR) is 216 cm³/mol. The monoisotopic (exact) mass is 1000 g/mol. The van der Waals surface area contributed by atoms with Gasteiger partial charge in [0.2, 0.25) is 0 Å². The van der Waals surface area contributed by atoms with E-state index in [1.54, 1.807) is 12.1 Å². The molecule has 7 rings (SSSR count). The first-order valence-electron chi connectivity index (χ1n) is 17.8. The van der Waals surface area contributed by atoms with Crippen molar-refractivity contribution in [2.24, 2.45) is 0 Å². The summed E-state index contributed by atoms with van der Waals surface area (Å²) in [6.45, 7) is -1.60. The number of nitrogens with zero attached hydrogens (tertiary/aromatic N) is 2. The van der Waals surface area contributed by atoms with Gasteiger partial charge < -0.3 is 75.5 Å². The van der Waals surface area contributed by atoms with Crippen LogP contribution in [0.4, 0.5) is 0 Å². The zero-order chi connectivity index (χ0) is 43.1. The number of aliphatic hydroxyl groups is 12. The van der Waals surface area contributed by atoms with Crippen LogP contribution in [0, 0.1) is 39.6 Å². The molecular formula is C38H42BrIN4O15. The smallest absolute Gasteiger partial charge is 0.147 e. The Labute approximate surface area is 357 Å². The number of aliphatic hydroxyl groups excluding tert-OH is 12. The SMILES string of the molecule is Brc1cc(I)c2[nH]ncc2c1.C#C[C@H]1O[C@H](CO)[C@@H](O)[C@H](O)[C@@H]1O.OC[C@H]1O[C@H](C#Cc2cc(C#C[C@H]3O[C@H](CO)[C@@H](O)[C@H](O)[C@@H]3O)c3[nH]ncc3c2)[C@@H](O)[C@@H](O)[C@@H]1O. The van der Waals surface area contributed by atoms with Crippen LogP contribution in [0.1, 0.15) is 11.1 Å². The summed E-state index contributed by atoms with van der Waals surface area (Å²) >= 11 is 5.70. The van der Waals surface area contributed by atoms with Crippen LogP contribution in [-0.2, 0) is 14.2 Å². The molecule has 2 aromatic heterocycles. The third kappa shape index (κ3) is 10.8. The number of ether oxygens (including phenoxy) is 3. The summed E-state index contributed by atoms with van der Waals surface area (Å²) in [5, 5.41) is 131. The van der Waals surface area contributed by atoms with Crippen LogP contribution in [0.3, 0.4) is 0 Å². The fraction of sp³-hybridized carbons (Fsp3) is 0.474. The van der Waals surface area contributed by atoms with Crippen molar-refractivity contribution in [3.63, 3.8) is 0 Å². The number of terminal acetylenes is 1. The molecule has 19 nitrogen and oxygen atoms in total. The van der Waals surface area contributed by atoms with E-state index in [1.165, 1.54) is 9.77 Å². The highest BCUT2D eigenvalue weighted by atomic mass is 127. The predicted octanol–water partition coefficient (Wildman–Crippen LogP) is -3.66. The molecule has 0 spiro atoms. The highest BCUT2D eigenvalue weighted by Crippen LogP contribution is 2.25. The Morgan fingerprint density at radius 1 is 0.593 bits per heavy atom. The first-order valence-corrected chi connectivity index (χ1v) is 19.7. The van der Waals surface area contributed by atoms with Crippen LogP contribution in [0.15, 0.2) is 41.1 Å². The average Bonchev–Trinajstić information content (AvgIpc) is 3.92. The molecule has 0 unspecified atom stereocenters. The summed E-state index contributed by atoms with van der Waals surface area (Å²) in [5.74, 6) is 13.1. The second-order valence-electron chi connectivity index (χ2n) is 13.5. The van der Waals surface area contributed by atoms with Gasteiger partial charge >= 0.3 is 0 Å². The molecule has 4 aromatic rings. The Hall–Kier alpha value is -3.33. The fourth-order valence-electron chi connectivity index (χ4n) is 6.19.